The number of aryl methyl sites for hydroxylation is 1. The zero-order valence-electron chi connectivity index (χ0n) is 11.1. The summed E-state index contributed by atoms with van der Waals surface area (Å²) in [7, 11) is 3.47. The fourth-order valence-corrected chi connectivity index (χ4v) is 2.22. The van der Waals surface area contributed by atoms with E-state index in [9.17, 15) is 4.79 Å². The summed E-state index contributed by atoms with van der Waals surface area (Å²) in [5, 5.41) is 3.18. The van der Waals surface area contributed by atoms with Gasteiger partial charge in [-0.25, -0.2) is 0 Å². The molecule has 1 aromatic rings. The highest BCUT2D eigenvalue weighted by Gasteiger charge is 2.31. The number of methoxy groups -OCH3 is 1. The topological polar surface area (TPSA) is 54.7 Å². The Morgan fingerprint density at radius 2 is 2.39 bits per heavy atom. The molecule has 18 heavy (non-hydrogen) atoms. The molecule has 2 unspecified atom stereocenters. The average molecular weight is 252 g/mol. The summed E-state index contributed by atoms with van der Waals surface area (Å²) < 4.78 is 10.7. The van der Waals surface area contributed by atoms with E-state index in [1.165, 1.54) is 0 Å². The van der Waals surface area contributed by atoms with Gasteiger partial charge in [0, 0.05) is 20.7 Å². The molecule has 2 heterocycles. The molecular weight excluding hydrogens is 232 g/mol. The summed E-state index contributed by atoms with van der Waals surface area (Å²) >= 11 is 0. The summed E-state index contributed by atoms with van der Waals surface area (Å²) in [4.78, 5) is 13.9. The van der Waals surface area contributed by atoms with Crippen molar-refractivity contribution in [2.75, 3.05) is 20.7 Å². The molecule has 1 amide bonds. The maximum absolute atomic E-state index is 12.2. The van der Waals surface area contributed by atoms with E-state index in [2.05, 4.69) is 5.32 Å². The van der Waals surface area contributed by atoms with E-state index in [0.717, 1.165) is 24.5 Å². The number of furan rings is 1. The molecule has 0 radical (unpaired) electrons. The third-order valence-electron chi connectivity index (χ3n) is 3.29. The molecule has 1 N–H and O–H groups in total. The zero-order chi connectivity index (χ0) is 13.1. The van der Waals surface area contributed by atoms with Gasteiger partial charge in [0.15, 0.2) is 0 Å². The van der Waals surface area contributed by atoms with E-state index in [-0.39, 0.29) is 18.1 Å². The summed E-state index contributed by atoms with van der Waals surface area (Å²) in [5.74, 6) is 1.76. The normalized spacial score (nSPS) is 23.3. The molecule has 0 saturated carbocycles. The van der Waals surface area contributed by atoms with Crippen molar-refractivity contribution in [1.82, 2.24) is 10.2 Å². The van der Waals surface area contributed by atoms with Crippen LogP contribution in [0.4, 0.5) is 0 Å². The number of hydrogen-bond acceptors (Lipinski definition) is 4. The minimum atomic E-state index is -0.143. The number of nitrogens with one attached hydrogen (secondary N) is 1. The molecule has 1 aromatic heterocycles. The van der Waals surface area contributed by atoms with E-state index >= 15 is 0 Å². The molecule has 0 bridgehead atoms. The van der Waals surface area contributed by atoms with Gasteiger partial charge < -0.3 is 19.4 Å². The maximum atomic E-state index is 12.2. The highest BCUT2D eigenvalue weighted by atomic mass is 16.5. The Kier molecular flexibility index (Phi) is 4.04. The standard InChI is InChI=1S/C13H20N2O3/c1-9-4-5-10(18-9)8-15(2)13(16)12-6-11(17-3)7-14-12/h4-5,11-12,14H,6-8H2,1-3H3. The number of hydrogen-bond donors (Lipinski definition) is 1. The minimum absolute atomic E-state index is 0.0867. The fourth-order valence-electron chi connectivity index (χ4n) is 2.22. The van der Waals surface area contributed by atoms with Gasteiger partial charge in [0.1, 0.15) is 11.5 Å². The molecule has 0 aromatic carbocycles. The Morgan fingerprint density at radius 3 is 2.94 bits per heavy atom. The van der Waals surface area contributed by atoms with E-state index in [0.29, 0.717) is 6.54 Å². The number of amides is 1. The van der Waals surface area contributed by atoms with Gasteiger partial charge >= 0.3 is 0 Å². The summed E-state index contributed by atoms with van der Waals surface area (Å²) in [5.41, 5.74) is 0. The van der Waals surface area contributed by atoms with Gasteiger partial charge in [-0.1, -0.05) is 0 Å². The Bertz CT molecular complexity index is 416. The second-order valence-corrected chi connectivity index (χ2v) is 4.76. The van der Waals surface area contributed by atoms with Gasteiger partial charge in [0.25, 0.3) is 0 Å². The van der Waals surface area contributed by atoms with Crippen molar-refractivity contribution < 1.29 is 13.9 Å². The van der Waals surface area contributed by atoms with Crippen LogP contribution < -0.4 is 5.32 Å². The van der Waals surface area contributed by atoms with Gasteiger partial charge in [-0.05, 0) is 25.5 Å². The van der Waals surface area contributed by atoms with Gasteiger partial charge in [-0.3, -0.25) is 4.79 Å². The molecule has 0 aliphatic carbocycles. The molecule has 5 heteroatoms. The Morgan fingerprint density at radius 1 is 1.61 bits per heavy atom. The fraction of sp³-hybridized carbons (Fsp3) is 0.615. The number of ether oxygens (including phenoxy) is 1. The van der Waals surface area contributed by atoms with Crippen molar-refractivity contribution in [3.05, 3.63) is 23.7 Å². The lowest BCUT2D eigenvalue weighted by atomic mass is 10.2. The van der Waals surface area contributed by atoms with E-state index < -0.39 is 0 Å². The average Bonchev–Trinajstić information content (AvgIpc) is 2.97. The van der Waals surface area contributed by atoms with Crippen LogP contribution in [0.1, 0.15) is 17.9 Å². The van der Waals surface area contributed by atoms with Gasteiger partial charge in [0.05, 0.1) is 18.7 Å². The van der Waals surface area contributed by atoms with E-state index in [1.807, 2.05) is 19.1 Å². The van der Waals surface area contributed by atoms with Crippen LogP contribution in [0.15, 0.2) is 16.5 Å². The Hall–Kier alpha value is -1.33. The Balaban J connectivity index is 1.89. The van der Waals surface area contributed by atoms with Crippen LogP contribution in [0.3, 0.4) is 0 Å². The first kappa shape index (κ1) is 13.1. The van der Waals surface area contributed by atoms with Crippen LogP contribution in [-0.2, 0) is 16.1 Å². The molecule has 100 valence electrons. The lowest BCUT2D eigenvalue weighted by Crippen LogP contribution is -2.41. The van der Waals surface area contributed by atoms with E-state index in [1.54, 1.807) is 19.1 Å². The SMILES string of the molecule is COC1CNC(C(=O)N(C)Cc2ccc(C)o2)C1. The number of likely N-dealkylation sites (N-methyl/N-ethyl adjacent to an activating group) is 1. The van der Waals surface area contributed by atoms with Crippen molar-refractivity contribution >= 4 is 5.91 Å². The minimum Gasteiger partial charge on any atom is -0.464 e. The molecule has 0 spiro atoms. The largest absolute Gasteiger partial charge is 0.464 e. The van der Waals surface area contributed by atoms with Crippen molar-refractivity contribution in [2.24, 2.45) is 0 Å². The lowest BCUT2D eigenvalue weighted by molar-refractivity contribution is -0.132. The Labute approximate surface area is 107 Å². The molecule has 2 atom stereocenters. The number of carbonyl (C=O) groups excluding carboxylic acids is 1. The first-order valence-electron chi connectivity index (χ1n) is 6.16. The molecule has 5 nitrogen and oxygen atoms in total. The van der Waals surface area contributed by atoms with Gasteiger partial charge in [-0.15, -0.1) is 0 Å². The number of nitrogens with zero attached hydrogens (tertiary/aromatic N) is 1. The summed E-state index contributed by atoms with van der Waals surface area (Å²) in [6, 6.07) is 3.66. The highest BCUT2D eigenvalue weighted by molar-refractivity contribution is 5.82. The first-order chi connectivity index (χ1) is 8.60. The zero-order valence-corrected chi connectivity index (χ0v) is 11.1. The van der Waals surface area contributed by atoms with Crippen molar-refractivity contribution in [1.29, 1.82) is 0 Å². The van der Waals surface area contributed by atoms with Crippen LogP contribution in [0.25, 0.3) is 0 Å². The first-order valence-corrected chi connectivity index (χ1v) is 6.16. The van der Waals surface area contributed by atoms with Crippen LogP contribution in [0.2, 0.25) is 0 Å². The third kappa shape index (κ3) is 2.91. The van der Waals surface area contributed by atoms with Crippen LogP contribution in [-0.4, -0.2) is 43.7 Å². The van der Waals surface area contributed by atoms with E-state index in [4.69, 9.17) is 9.15 Å². The molecule has 1 aliphatic heterocycles. The smallest absolute Gasteiger partial charge is 0.239 e. The number of carbonyl (C=O) groups is 1. The van der Waals surface area contributed by atoms with Gasteiger partial charge in [0.2, 0.25) is 5.91 Å². The van der Waals surface area contributed by atoms with Crippen LogP contribution >= 0.6 is 0 Å². The highest BCUT2D eigenvalue weighted by Crippen LogP contribution is 2.14. The predicted molar refractivity (Wildman–Crippen MR) is 67.1 cm³/mol. The maximum Gasteiger partial charge on any atom is 0.239 e. The van der Waals surface area contributed by atoms with Crippen LogP contribution in [0, 0.1) is 6.92 Å². The third-order valence-corrected chi connectivity index (χ3v) is 3.29. The quantitative estimate of drug-likeness (QED) is 0.866. The summed E-state index contributed by atoms with van der Waals surface area (Å²) in [6.07, 6.45) is 0.870. The second kappa shape index (κ2) is 5.54. The molecule has 1 fully saturated rings. The van der Waals surface area contributed by atoms with Crippen LogP contribution in [0.5, 0.6) is 0 Å². The predicted octanol–water partition coefficient (Wildman–Crippen LogP) is 0.923. The summed E-state index contributed by atoms with van der Waals surface area (Å²) in [6.45, 7) is 3.14. The van der Waals surface area contributed by atoms with Gasteiger partial charge in [-0.2, -0.15) is 0 Å². The van der Waals surface area contributed by atoms with Crippen molar-refractivity contribution in [3.8, 4) is 0 Å². The van der Waals surface area contributed by atoms with Crippen molar-refractivity contribution in [2.45, 2.75) is 32.0 Å². The molecule has 2 rings (SSSR count). The molecular formula is C13H20N2O3. The number of rotatable bonds is 4. The second-order valence-electron chi connectivity index (χ2n) is 4.76. The van der Waals surface area contributed by atoms with Crippen molar-refractivity contribution in [3.63, 3.8) is 0 Å². The lowest BCUT2D eigenvalue weighted by Gasteiger charge is -2.20. The monoisotopic (exact) mass is 252 g/mol. The molecule has 1 aliphatic rings. The molecule has 1 saturated heterocycles.